The van der Waals surface area contributed by atoms with Crippen molar-refractivity contribution in [3.05, 3.63) is 64.7 Å². The van der Waals surface area contributed by atoms with Crippen LogP contribution in [0.15, 0.2) is 42.5 Å². The summed E-state index contributed by atoms with van der Waals surface area (Å²) in [6.45, 7) is 1.71. The molecule has 0 spiro atoms. The molecule has 1 amide bonds. The van der Waals surface area contributed by atoms with E-state index in [9.17, 15) is 9.90 Å². The number of benzene rings is 2. The van der Waals surface area contributed by atoms with E-state index in [1.807, 2.05) is 30.3 Å². The molecule has 21 heavy (non-hydrogen) atoms. The Kier molecular flexibility index (Phi) is 3.99. The highest BCUT2D eigenvalue weighted by molar-refractivity contribution is 6.04. The van der Waals surface area contributed by atoms with E-state index in [-0.39, 0.29) is 12.5 Å². The smallest absolute Gasteiger partial charge is 0.255 e. The Balaban J connectivity index is 1.82. The molecule has 0 saturated carbocycles. The molecule has 0 aromatic heterocycles. The number of aliphatic hydroxyl groups is 1. The van der Waals surface area contributed by atoms with Crippen LogP contribution >= 0.6 is 0 Å². The van der Waals surface area contributed by atoms with E-state index >= 15 is 0 Å². The fourth-order valence-electron chi connectivity index (χ4n) is 2.60. The predicted molar refractivity (Wildman–Crippen MR) is 82.2 cm³/mol. The third-order valence-corrected chi connectivity index (χ3v) is 3.79. The van der Waals surface area contributed by atoms with Crippen molar-refractivity contribution in [2.45, 2.75) is 19.6 Å². The van der Waals surface area contributed by atoms with Crippen LogP contribution in [0.4, 0.5) is 5.69 Å². The van der Waals surface area contributed by atoms with E-state index in [1.54, 1.807) is 12.1 Å². The van der Waals surface area contributed by atoms with Gasteiger partial charge in [-0.3, -0.25) is 4.79 Å². The summed E-state index contributed by atoms with van der Waals surface area (Å²) < 4.78 is 0. The molecule has 2 aromatic rings. The number of carbonyl (C=O) groups is 1. The van der Waals surface area contributed by atoms with Crippen molar-refractivity contribution in [3.8, 4) is 0 Å². The monoisotopic (exact) mass is 282 g/mol. The third-order valence-electron chi connectivity index (χ3n) is 3.79. The molecule has 1 aliphatic rings. The van der Waals surface area contributed by atoms with Crippen molar-refractivity contribution in [1.29, 1.82) is 0 Å². The molecule has 0 atom stereocenters. The van der Waals surface area contributed by atoms with Crippen LogP contribution in [-0.2, 0) is 19.6 Å². The number of anilines is 1. The summed E-state index contributed by atoms with van der Waals surface area (Å²) in [4.78, 5) is 12.4. The Morgan fingerprint density at radius 1 is 1.19 bits per heavy atom. The van der Waals surface area contributed by atoms with Gasteiger partial charge in [-0.05, 0) is 42.3 Å². The van der Waals surface area contributed by atoms with E-state index in [4.69, 9.17) is 0 Å². The summed E-state index contributed by atoms with van der Waals surface area (Å²) in [5, 5.41) is 15.5. The number of hydrogen-bond acceptors (Lipinski definition) is 3. The van der Waals surface area contributed by atoms with Crippen LogP contribution < -0.4 is 10.6 Å². The molecule has 108 valence electrons. The quantitative estimate of drug-likeness (QED) is 0.807. The van der Waals surface area contributed by atoms with Crippen LogP contribution in [0.25, 0.3) is 0 Å². The lowest BCUT2D eigenvalue weighted by molar-refractivity contribution is 0.102. The van der Waals surface area contributed by atoms with Gasteiger partial charge in [-0.1, -0.05) is 24.3 Å². The normalized spacial score (nSPS) is 13.6. The first-order chi connectivity index (χ1) is 10.3. The zero-order valence-electron chi connectivity index (χ0n) is 11.7. The lowest BCUT2D eigenvalue weighted by Gasteiger charge is -2.18. The number of para-hydroxylation sites is 1. The Bertz CT molecular complexity index is 668. The van der Waals surface area contributed by atoms with Gasteiger partial charge >= 0.3 is 0 Å². The average molecular weight is 282 g/mol. The lowest BCUT2D eigenvalue weighted by Crippen LogP contribution is -2.24. The first-order valence-electron chi connectivity index (χ1n) is 7.10. The lowest BCUT2D eigenvalue weighted by atomic mass is 9.98. The predicted octanol–water partition coefficient (Wildman–Crippen LogP) is 2.08. The molecule has 4 heteroatoms. The highest BCUT2D eigenvalue weighted by Crippen LogP contribution is 2.19. The van der Waals surface area contributed by atoms with E-state index in [1.165, 1.54) is 11.1 Å². The van der Waals surface area contributed by atoms with Gasteiger partial charge in [0.15, 0.2) is 0 Å². The van der Waals surface area contributed by atoms with Gasteiger partial charge in [-0.15, -0.1) is 0 Å². The van der Waals surface area contributed by atoms with Crippen molar-refractivity contribution < 1.29 is 9.90 Å². The number of aliphatic hydroxyl groups excluding tert-OH is 1. The minimum atomic E-state index is -0.149. The van der Waals surface area contributed by atoms with Gasteiger partial charge < -0.3 is 15.7 Å². The van der Waals surface area contributed by atoms with Crippen molar-refractivity contribution in [2.24, 2.45) is 0 Å². The molecular formula is C17H18N2O2. The van der Waals surface area contributed by atoms with Gasteiger partial charge in [0.2, 0.25) is 0 Å². The van der Waals surface area contributed by atoms with Gasteiger partial charge in [0.05, 0.1) is 6.61 Å². The second-order valence-electron chi connectivity index (χ2n) is 5.18. The Morgan fingerprint density at radius 3 is 2.90 bits per heavy atom. The van der Waals surface area contributed by atoms with Crippen molar-refractivity contribution in [2.75, 3.05) is 11.9 Å². The molecule has 3 rings (SSSR count). The largest absolute Gasteiger partial charge is 0.392 e. The van der Waals surface area contributed by atoms with E-state index in [2.05, 4.69) is 10.6 Å². The molecule has 0 radical (unpaired) electrons. The second-order valence-corrected chi connectivity index (χ2v) is 5.18. The molecular weight excluding hydrogens is 264 g/mol. The van der Waals surface area contributed by atoms with Crippen LogP contribution in [0.5, 0.6) is 0 Å². The average Bonchev–Trinajstić information content (AvgIpc) is 2.55. The van der Waals surface area contributed by atoms with E-state index < -0.39 is 0 Å². The van der Waals surface area contributed by atoms with Crippen molar-refractivity contribution >= 4 is 11.6 Å². The number of nitrogens with one attached hydrogen (secondary N) is 2. The Morgan fingerprint density at radius 2 is 2.05 bits per heavy atom. The summed E-state index contributed by atoms with van der Waals surface area (Å²) in [7, 11) is 0. The summed E-state index contributed by atoms with van der Waals surface area (Å²) in [5.74, 6) is -0.149. The maximum atomic E-state index is 12.4. The molecule has 1 heterocycles. The first-order valence-corrected chi connectivity index (χ1v) is 7.10. The maximum absolute atomic E-state index is 12.4. The summed E-state index contributed by atoms with van der Waals surface area (Å²) in [5.41, 5.74) is 4.50. The zero-order chi connectivity index (χ0) is 14.7. The molecule has 0 unspecified atom stereocenters. The number of hydrogen-bond donors (Lipinski definition) is 3. The minimum Gasteiger partial charge on any atom is -0.392 e. The molecule has 0 saturated heterocycles. The SMILES string of the molecule is O=C(Nc1ccccc1CO)c1ccc2c(c1)CNCC2. The van der Waals surface area contributed by atoms with Crippen LogP contribution in [0.2, 0.25) is 0 Å². The number of rotatable bonds is 3. The van der Waals surface area contributed by atoms with Crippen LogP contribution in [0, 0.1) is 0 Å². The highest BCUT2D eigenvalue weighted by Gasteiger charge is 2.13. The molecule has 2 aromatic carbocycles. The Labute approximate surface area is 123 Å². The van der Waals surface area contributed by atoms with Gasteiger partial charge in [-0.25, -0.2) is 0 Å². The van der Waals surface area contributed by atoms with E-state index in [0.29, 0.717) is 16.8 Å². The van der Waals surface area contributed by atoms with Crippen LogP contribution in [0.1, 0.15) is 27.0 Å². The van der Waals surface area contributed by atoms with Crippen molar-refractivity contribution in [1.82, 2.24) is 5.32 Å². The molecule has 1 aliphatic heterocycles. The maximum Gasteiger partial charge on any atom is 0.255 e. The molecule has 4 nitrogen and oxygen atoms in total. The molecule has 0 aliphatic carbocycles. The topological polar surface area (TPSA) is 61.4 Å². The number of amides is 1. The summed E-state index contributed by atoms with van der Waals surface area (Å²) >= 11 is 0. The van der Waals surface area contributed by atoms with Gasteiger partial charge in [0, 0.05) is 23.4 Å². The van der Waals surface area contributed by atoms with E-state index in [0.717, 1.165) is 19.5 Å². The highest BCUT2D eigenvalue weighted by atomic mass is 16.3. The molecule has 0 bridgehead atoms. The Hall–Kier alpha value is -2.17. The number of carbonyl (C=O) groups excluding carboxylic acids is 1. The first kappa shape index (κ1) is 13.8. The third kappa shape index (κ3) is 2.96. The minimum absolute atomic E-state index is 0.0927. The zero-order valence-corrected chi connectivity index (χ0v) is 11.7. The molecule has 3 N–H and O–H groups in total. The standard InChI is InChI=1S/C17H18N2O2/c20-11-14-3-1-2-4-16(14)19-17(21)13-6-5-12-7-8-18-10-15(12)9-13/h1-6,9,18,20H,7-8,10-11H2,(H,19,21). The second kappa shape index (κ2) is 6.08. The van der Waals surface area contributed by atoms with Gasteiger partial charge in [-0.2, -0.15) is 0 Å². The fraction of sp³-hybridized carbons (Fsp3) is 0.235. The van der Waals surface area contributed by atoms with Crippen LogP contribution in [0.3, 0.4) is 0 Å². The van der Waals surface area contributed by atoms with Crippen molar-refractivity contribution in [3.63, 3.8) is 0 Å². The van der Waals surface area contributed by atoms with Crippen LogP contribution in [-0.4, -0.2) is 17.6 Å². The van der Waals surface area contributed by atoms with Gasteiger partial charge in [0.1, 0.15) is 0 Å². The number of fused-ring (bicyclic) bond motifs is 1. The summed E-state index contributed by atoms with van der Waals surface area (Å²) in [6, 6.07) is 13.1. The molecule has 0 fully saturated rings. The fourth-order valence-corrected chi connectivity index (χ4v) is 2.60. The van der Waals surface area contributed by atoms with Gasteiger partial charge in [0.25, 0.3) is 5.91 Å². The summed E-state index contributed by atoms with van der Waals surface area (Å²) in [6.07, 6.45) is 1.00.